The number of halogens is 2. The van der Waals surface area contributed by atoms with Crippen molar-refractivity contribution < 1.29 is 24.0 Å². The third-order valence-corrected chi connectivity index (χ3v) is 8.69. The SMILES string of the molecule is Cn1cc(NC(=O)c2nc(N(C(=O)c3ccccc3)N(CCCl)CCCl)cn2C)cc1C(=O)Nc1cc(C(=O)Nc2cc(C(=O)NCCC(=N)N)n(C)n2)n(C)n1. The Balaban J connectivity index is 1.26. The van der Waals surface area contributed by atoms with Crippen molar-refractivity contribution in [2.24, 2.45) is 33.9 Å². The Labute approximate surface area is 336 Å². The van der Waals surface area contributed by atoms with Crippen molar-refractivity contribution in [2.75, 3.05) is 52.4 Å². The van der Waals surface area contributed by atoms with Gasteiger partial charge in [-0.1, -0.05) is 18.2 Å². The number of nitrogens with one attached hydrogen (secondary N) is 5. The molecule has 0 aliphatic heterocycles. The Morgan fingerprint density at radius 2 is 1.33 bits per heavy atom. The average molecular weight is 823 g/mol. The van der Waals surface area contributed by atoms with Gasteiger partial charge < -0.3 is 36.1 Å². The molecule has 0 fully saturated rings. The molecule has 300 valence electrons. The summed E-state index contributed by atoms with van der Waals surface area (Å²) in [6.07, 6.45) is 3.27. The second-order valence-electron chi connectivity index (χ2n) is 12.5. The van der Waals surface area contributed by atoms with Gasteiger partial charge in [-0.15, -0.1) is 23.2 Å². The smallest absolute Gasteiger partial charge is 0.291 e. The summed E-state index contributed by atoms with van der Waals surface area (Å²) in [5.41, 5.74) is 6.41. The fourth-order valence-corrected chi connectivity index (χ4v) is 6.03. The number of nitrogens with zero attached hydrogens (tertiary/aromatic N) is 9. The van der Waals surface area contributed by atoms with Crippen LogP contribution in [0.15, 0.2) is 60.9 Å². The van der Waals surface area contributed by atoms with Gasteiger partial charge in [-0.25, -0.2) is 15.0 Å². The van der Waals surface area contributed by atoms with E-state index in [1.54, 1.807) is 55.6 Å². The first-order valence-electron chi connectivity index (χ1n) is 17.3. The van der Waals surface area contributed by atoms with E-state index in [2.05, 4.69) is 36.4 Å². The molecule has 5 amide bonds. The molecule has 1 aromatic carbocycles. The van der Waals surface area contributed by atoms with Crippen LogP contribution >= 0.6 is 23.2 Å². The number of aryl methyl sites for hydroxylation is 4. The summed E-state index contributed by atoms with van der Waals surface area (Å²) < 4.78 is 5.53. The number of nitrogens with two attached hydrogens (primary N) is 1. The minimum Gasteiger partial charge on any atom is -0.388 e. The zero-order chi connectivity index (χ0) is 41.4. The summed E-state index contributed by atoms with van der Waals surface area (Å²) in [4.78, 5) is 70.7. The molecule has 0 spiro atoms. The van der Waals surface area contributed by atoms with E-state index in [1.807, 2.05) is 0 Å². The van der Waals surface area contributed by atoms with Crippen LogP contribution in [0, 0.1) is 5.41 Å². The lowest BCUT2D eigenvalue weighted by molar-refractivity contribution is 0.0899. The summed E-state index contributed by atoms with van der Waals surface area (Å²) >= 11 is 12.1. The van der Waals surface area contributed by atoms with E-state index in [0.717, 1.165) is 0 Å². The molecule has 0 aliphatic carbocycles. The number of benzene rings is 1. The molecule has 4 aromatic heterocycles. The molecule has 0 unspecified atom stereocenters. The minimum atomic E-state index is -0.608. The van der Waals surface area contributed by atoms with Gasteiger partial charge in [0, 0.05) is 96.1 Å². The van der Waals surface area contributed by atoms with Crippen LogP contribution in [0.5, 0.6) is 0 Å². The minimum absolute atomic E-state index is 0.0171. The van der Waals surface area contributed by atoms with Crippen molar-refractivity contribution in [2.45, 2.75) is 6.42 Å². The summed E-state index contributed by atoms with van der Waals surface area (Å²) in [6, 6.07) is 12.8. The van der Waals surface area contributed by atoms with Crippen LogP contribution in [0.4, 0.5) is 23.1 Å². The molecule has 5 rings (SSSR count). The van der Waals surface area contributed by atoms with E-state index in [9.17, 15) is 24.0 Å². The van der Waals surface area contributed by atoms with Crippen molar-refractivity contribution in [3.63, 3.8) is 0 Å². The number of rotatable bonds is 17. The van der Waals surface area contributed by atoms with Crippen molar-refractivity contribution in [1.82, 2.24) is 44.0 Å². The summed E-state index contributed by atoms with van der Waals surface area (Å²) in [5, 5.41) is 29.3. The number of amides is 5. The maximum Gasteiger partial charge on any atom is 0.291 e. The van der Waals surface area contributed by atoms with E-state index in [0.29, 0.717) is 5.56 Å². The van der Waals surface area contributed by atoms with Gasteiger partial charge >= 0.3 is 0 Å². The summed E-state index contributed by atoms with van der Waals surface area (Å²) in [7, 11) is 6.28. The number of hydrazine groups is 1. The second kappa shape index (κ2) is 18.4. The average Bonchev–Trinajstić information content (AvgIpc) is 3.93. The second-order valence-corrected chi connectivity index (χ2v) is 13.3. The molecular weight excluding hydrogens is 781 g/mol. The highest BCUT2D eigenvalue weighted by Crippen LogP contribution is 2.22. The molecule has 5 aromatic rings. The largest absolute Gasteiger partial charge is 0.388 e. The lowest BCUT2D eigenvalue weighted by Crippen LogP contribution is -2.49. The number of aromatic nitrogens is 7. The van der Waals surface area contributed by atoms with Gasteiger partial charge in [0.2, 0.25) is 5.82 Å². The quantitative estimate of drug-likeness (QED) is 0.0346. The monoisotopic (exact) mass is 821 g/mol. The number of imidazole rings is 1. The standard InChI is InChI=1S/C35H41Cl2N15O5/c1-47-19-22(41-34(56)30-44-29(20-48(30)2)52(51(14-11-36)15-12-37)35(57)21-8-6-5-7-9-21)16-23(47)32(54)42-28-18-25(50(4)46-28)33(55)43-27-17-24(49(3)45-27)31(53)40-13-10-26(38)39/h5-9,16-20H,10-15H2,1-4H3,(H3,38,39)(H,40,53)(H,41,56)(H,42,46,54)(H,43,45,55). The molecule has 20 nitrogen and oxygen atoms in total. The lowest BCUT2D eigenvalue weighted by Gasteiger charge is -2.32. The highest BCUT2D eigenvalue weighted by molar-refractivity contribution is 6.18. The Bertz CT molecular complexity index is 2290. The normalized spacial score (nSPS) is 11.0. The summed E-state index contributed by atoms with van der Waals surface area (Å²) in [5.74, 6) is -1.96. The maximum atomic E-state index is 13.7. The van der Waals surface area contributed by atoms with E-state index in [-0.39, 0.29) is 95.6 Å². The van der Waals surface area contributed by atoms with Crippen LogP contribution in [0.3, 0.4) is 0 Å². The first kappa shape index (κ1) is 41.6. The van der Waals surface area contributed by atoms with Gasteiger partial charge in [-0.2, -0.15) is 10.2 Å². The maximum absolute atomic E-state index is 13.7. The molecule has 0 radical (unpaired) electrons. The van der Waals surface area contributed by atoms with Crippen LogP contribution < -0.4 is 32.0 Å². The van der Waals surface area contributed by atoms with Crippen LogP contribution in [-0.4, -0.2) is 105 Å². The van der Waals surface area contributed by atoms with Crippen molar-refractivity contribution in [3.05, 3.63) is 89.4 Å². The highest BCUT2D eigenvalue weighted by Gasteiger charge is 2.29. The molecule has 0 saturated carbocycles. The van der Waals surface area contributed by atoms with E-state index in [1.165, 1.54) is 62.0 Å². The number of carbonyl (C=O) groups excluding carboxylic acids is 5. The van der Waals surface area contributed by atoms with Gasteiger partial charge in [0.15, 0.2) is 17.5 Å². The van der Waals surface area contributed by atoms with Crippen molar-refractivity contribution in [3.8, 4) is 0 Å². The first-order valence-corrected chi connectivity index (χ1v) is 18.4. The van der Waals surface area contributed by atoms with Crippen LogP contribution in [0.25, 0.3) is 0 Å². The van der Waals surface area contributed by atoms with Gasteiger partial charge in [-0.05, 0) is 18.2 Å². The fraction of sp³-hybridized carbons (Fsp3) is 0.286. The fourth-order valence-electron chi connectivity index (χ4n) is 5.64. The number of hydrogen-bond acceptors (Lipinski definition) is 10. The van der Waals surface area contributed by atoms with E-state index in [4.69, 9.17) is 34.3 Å². The third kappa shape index (κ3) is 10.0. The Morgan fingerprint density at radius 1 is 0.754 bits per heavy atom. The number of hydrogen-bond donors (Lipinski definition) is 6. The van der Waals surface area contributed by atoms with Crippen molar-refractivity contribution >= 4 is 81.7 Å². The number of anilines is 4. The molecule has 57 heavy (non-hydrogen) atoms. The molecule has 4 heterocycles. The Morgan fingerprint density at radius 3 is 1.91 bits per heavy atom. The van der Waals surface area contributed by atoms with E-state index >= 15 is 0 Å². The third-order valence-electron chi connectivity index (χ3n) is 8.35. The molecular formula is C35H41Cl2N15O5. The Kier molecular flexibility index (Phi) is 13.5. The van der Waals surface area contributed by atoms with Crippen molar-refractivity contribution in [1.29, 1.82) is 5.41 Å². The molecule has 0 bridgehead atoms. The van der Waals surface area contributed by atoms with Gasteiger partial charge in [0.25, 0.3) is 29.5 Å². The molecule has 7 N–H and O–H groups in total. The van der Waals surface area contributed by atoms with Crippen LogP contribution in [0.2, 0.25) is 0 Å². The lowest BCUT2D eigenvalue weighted by atomic mass is 10.2. The summed E-state index contributed by atoms with van der Waals surface area (Å²) in [6.45, 7) is 0.732. The van der Waals surface area contributed by atoms with Crippen LogP contribution in [0.1, 0.15) is 58.9 Å². The zero-order valence-electron chi connectivity index (χ0n) is 31.4. The molecule has 0 atom stereocenters. The van der Waals surface area contributed by atoms with Gasteiger partial charge in [0.1, 0.15) is 17.1 Å². The number of alkyl halides is 2. The van der Waals surface area contributed by atoms with Crippen LogP contribution in [-0.2, 0) is 28.2 Å². The van der Waals surface area contributed by atoms with Gasteiger partial charge in [-0.3, -0.25) is 38.7 Å². The first-order chi connectivity index (χ1) is 27.2. The highest BCUT2D eigenvalue weighted by atomic mass is 35.5. The predicted octanol–water partition coefficient (Wildman–Crippen LogP) is 2.38. The van der Waals surface area contributed by atoms with Gasteiger partial charge in [0.05, 0.1) is 11.5 Å². The Hall–Kier alpha value is -6.51. The number of carbonyl (C=O) groups is 5. The predicted molar refractivity (Wildman–Crippen MR) is 214 cm³/mol. The van der Waals surface area contributed by atoms with E-state index < -0.39 is 23.6 Å². The molecule has 22 heteroatoms. The number of amidine groups is 1. The zero-order valence-corrected chi connectivity index (χ0v) is 32.9. The molecule has 0 aliphatic rings. The molecule has 0 saturated heterocycles. The topological polar surface area (TPSA) is 248 Å².